The Labute approximate surface area is 147 Å². The van der Waals surface area contributed by atoms with Crippen LogP contribution in [0.15, 0.2) is 17.0 Å². The van der Waals surface area contributed by atoms with Gasteiger partial charge in [0.2, 0.25) is 10.0 Å². The normalized spacial score (nSPS) is 15.8. The molecule has 0 bridgehead atoms. The molecular formula is C19H31NO3S. The number of rotatable bonds is 9. The second-order valence-corrected chi connectivity index (χ2v) is 8.48. The van der Waals surface area contributed by atoms with Crippen LogP contribution in [0.3, 0.4) is 0 Å². The molecule has 0 unspecified atom stereocenters. The van der Waals surface area contributed by atoms with E-state index in [1.807, 2.05) is 12.1 Å². The zero-order valence-electron chi connectivity index (χ0n) is 15.2. The van der Waals surface area contributed by atoms with E-state index in [0.29, 0.717) is 18.2 Å². The molecule has 5 heteroatoms. The van der Waals surface area contributed by atoms with E-state index in [4.69, 9.17) is 4.74 Å². The van der Waals surface area contributed by atoms with Crippen LogP contribution in [-0.2, 0) is 22.9 Å². The summed E-state index contributed by atoms with van der Waals surface area (Å²) in [6.45, 7) is 4.78. The maximum absolute atomic E-state index is 12.8. The average molecular weight is 354 g/mol. The molecular weight excluding hydrogens is 322 g/mol. The summed E-state index contributed by atoms with van der Waals surface area (Å²) >= 11 is 0. The Morgan fingerprint density at radius 1 is 1.17 bits per heavy atom. The summed E-state index contributed by atoms with van der Waals surface area (Å²) in [6, 6.07) is 3.74. The van der Waals surface area contributed by atoms with Gasteiger partial charge in [-0.3, -0.25) is 0 Å². The fraction of sp³-hybridized carbons (Fsp3) is 0.684. The second kappa shape index (κ2) is 8.86. The Kier molecular flexibility index (Phi) is 7.11. The van der Waals surface area contributed by atoms with Crippen LogP contribution >= 0.6 is 0 Å². The molecule has 0 aromatic heterocycles. The number of sulfonamides is 1. The standard InChI is InChI=1S/C19H31NO3S/c1-4-6-9-15(5-2)14-20-24(21,22)19-13-17-11-8-7-10-16(17)12-18(19)23-3/h12-13,15,20H,4-11,14H2,1-3H3/t15-/m0/s1. The lowest BCUT2D eigenvalue weighted by atomic mass is 9.92. The summed E-state index contributed by atoms with van der Waals surface area (Å²) in [5, 5.41) is 0. The van der Waals surface area contributed by atoms with Crippen molar-refractivity contribution >= 4 is 10.0 Å². The van der Waals surface area contributed by atoms with E-state index in [-0.39, 0.29) is 4.90 Å². The Morgan fingerprint density at radius 2 is 1.83 bits per heavy atom. The third-order valence-electron chi connectivity index (χ3n) is 5.02. The van der Waals surface area contributed by atoms with Crippen molar-refractivity contribution in [3.63, 3.8) is 0 Å². The smallest absolute Gasteiger partial charge is 0.244 e. The highest BCUT2D eigenvalue weighted by Crippen LogP contribution is 2.32. The van der Waals surface area contributed by atoms with Gasteiger partial charge in [0.05, 0.1) is 7.11 Å². The molecule has 0 aliphatic heterocycles. The second-order valence-electron chi connectivity index (χ2n) is 6.75. The number of ether oxygens (including phenoxy) is 1. The van der Waals surface area contributed by atoms with Crippen molar-refractivity contribution in [3.8, 4) is 5.75 Å². The molecule has 1 aromatic rings. The third kappa shape index (κ3) is 4.73. The van der Waals surface area contributed by atoms with Crippen molar-refractivity contribution in [3.05, 3.63) is 23.3 Å². The summed E-state index contributed by atoms with van der Waals surface area (Å²) < 4.78 is 33.8. The van der Waals surface area contributed by atoms with Crippen molar-refractivity contribution in [1.29, 1.82) is 0 Å². The van der Waals surface area contributed by atoms with Gasteiger partial charge in [-0.25, -0.2) is 13.1 Å². The van der Waals surface area contributed by atoms with E-state index in [1.54, 1.807) is 7.11 Å². The molecule has 1 N–H and O–H groups in total. The Balaban J connectivity index is 2.18. The monoisotopic (exact) mass is 353 g/mol. The molecule has 1 atom stereocenters. The molecule has 0 heterocycles. The Bertz CT molecular complexity index is 640. The molecule has 4 nitrogen and oxygen atoms in total. The van der Waals surface area contributed by atoms with Gasteiger partial charge >= 0.3 is 0 Å². The fourth-order valence-corrected chi connectivity index (χ4v) is 4.67. The summed E-state index contributed by atoms with van der Waals surface area (Å²) in [5.74, 6) is 0.855. The van der Waals surface area contributed by atoms with Crippen molar-refractivity contribution in [1.82, 2.24) is 4.72 Å². The molecule has 1 aliphatic rings. The van der Waals surface area contributed by atoms with Crippen molar-refractivity contribution in [2.24, 2.45) is 5.92 Å². The zero-order valence-corrected chi connectivity index (χ0v) is 16.0. The first-order valence-electron chi connectivity index (χ1n) is 9.21. The predicted octanol–water partition coefficient (Wildman–Crippen LogP) is 4.07. The number of nitrogens with one attached hydrogen (secondary N) is 1. The minimum Gasteiger partial charge on any atom is -0.495 e. The molecule has 0 amide bonds. The van der Waals surface area contributed by atoms with E-state index in [9.17, 15) is 8.42 Å². The molecule has 0 spiro atoms. The summed E-state index contributed by atoms with van der Waals surface area (Å²) in [4.78, 5) is 0.288. The first-order chi connectivity index (χ1) is 11.5. The maximum atomic E-state index is 12.8. The van der Waals surface area contributed by atoms with Gasteiger partial charge in [-0.05, 0) is 61.3 Å². The SMILES string of the molecule is CCCC[C@H](CC)CNS(=O)(=O)c1cc2c(cc1OC)CCCC2. The third-order valence-corrected chi connectivity index (χ3v) is 6.47. The maximum Gasteiger partial charge on any atom is 0.244 e. The Hall–Kier alpha value is -1.07. The van der Waals surface area contributed by atoms with Crippen LogP contribution in [0.25, 0.3) is 0 Å². The lowest BCUT2D eigenvalue weighted by Gasteiger charge is -2.20. The molecule has 1 aromatic carbocycles. The number of unbranched alkanes of at least 4 members (excludes halogenated alkanes) is 1. The number of methoxy groups -OCH3 is 1. The lowest BCUT2D eigenvalue weighted by Crippen LogP contribution is -2.30. The summed E-state index contributed by atoms with van der Waals surface area (Å²) in [6.07, 6.45) is 8.59. The van der Waals surface area contributed by atoms with Gasteiger partial charge in [-0.15, -0.1) is 0 Å². The molecule has 0 fully saturated rings. The Morgan fingerprint density at radius 3 is 2.42 bits per heavy atom. The van der Waals surface area contributed by atoms with Crippen molar-refractivity contribution < 1.29 is 13.2 Å². The van der Waals surface area contributed by atoms with Gasteiger partial charge in [0.1, 0.15) is 10.6 Å². The molecule has 136 valence electrons. The van der Waals surface area contributed by atoms with Crippen LogP contribution < -0.4 is 9.46 Å². The number of benzene rings is 1. The molecule has 0 radical (unpaired) electrons. The van der Waals surface area contributed by atoms with Crippen LogP contribution in [0.1, 0.15) is 63.5 Å². The highest BCUT2D eigenvalue weighted by atomic mass is 32.2. The number of fused-ring (bicyclic) bond motifs is 1. The minimum absolute atomic E-state index is 0.288. The first-order valence-corrected chi connectivity index (χ1v) is 10.7. The number of hydrogen-bond acceptors (Lipinski definition) is 3. The van der Waals surface area contributed by atoms with Gasteiger partial charge in [-0.2, -0.15) is 0 Å². The van der Waals surface area contributed by atoms with Crippen LogP contribution in [0.2, 0.25) is 0 Å². The number of aryl methyl sites for hydroxylation is 2. The highest BCUT2D eigenvalue weighted by molar-refractivity contribution is 7.89. The van der Waals surface area contributed by atoms with E-state index in [1.165, 1.54) is 5.56 Å². The summed E-state index contributed by atoms with van der Waals surface area (Å²) in [7, 11) is -2.00. The molecule has 1 aliphatic carbocycles. The van der Waals surface area contributed by atoms with Crippen LogP contribution in [0.4, 0.5) is 0 Å². The highest BCUT2D eigenvalue weighted by Gasteiger charge is 2.23. The fourth-order valence-electron chi connectivity index (χ4n) is 3.36. The zero-order chi connectivity index (χ0) is 17.6. The van der Waals surface area contributed by atoms with Crippen LogP contribution in [0, 0.1) is 5.92 Å². The van der Waals surface area contributed by atoms with E-state index < -0.39 is 10.0 Å². The minimum atomic E-state index is -3.54. The van der Waals surface area contributed by atoms with Gasteiger partial charge < -0.3 is 4.74 Å². The van der Waals surface area contributed by atoms with Crippen molar-refractivity contribution in [2.45, 2.75) is 70.1 Å². The topological polar surface area (TPSA) is 55.4 Å². The van der Waals surface area contributed by atoms with E-state index in [2.05, 4.69) is 18.6 Å². The molecule has 0 saturated heterocycles. The molecule has 2 rings (SSSR count). The van der Waals surface area contributed by atoms with Crippen LogP contribution in [-0.4, -0.2) is 22.1 Å². The molecule has 24 heavy (non-hydrogen) atoms. The van der Waals surface area contributed by atoms with Gasteiger partial charge in [0.15, 0.2) is 0 Å². The van der Waals surface area contributed by atoms with Crippen LogP contribution in [0.5, 0.6) is 5.75 Å². The predicted molar refractivity (Wildman–Crippen MR) is 98.1 cm³/mol. The largest absolute Gasteiger partial charge is 0.495 e. The van der Waals surface area contributed by atoms with Crippen molar-refractivity contribution in [2.75, 3.05) is 13.7 Å². The van der Waals surface area contributed by atoms with Gasteiger partial charge in [0, 0.05) is 6.54 Å². The number of hydrogen-bond donors (Lipinski definition) is 1. The van der Waals surface area contributed by atoms with E-state index >= 15 is 0 Å². The van der Waals surface area contributed by atoms with E-state index in [0.717, 1.165) is 56.9 Å². The van der Waals surface area contributed by atoms with Gasteiger partial charge in [-0.1, -0.05) is 33.1 Å². The first kappa shape index (κ1) is 19.3. The average Bonchev–Trinajstić information content (AvgIpc) is 2.60. The van der Waals surface area contributed by atoms with Gasteiger partial charge in [0.25, 0.3) is 0 Å². The molecule has 0 saturated carbocycles. The summed E-state index contributed by atoms with van der Waals surface area (Å²) in [5.41, 5.74) is 2.38. The lowest BCUT2D eigenvalue weighted by molar-refractivity contribution is 0.400. The quantitative estimate of drug-likeness (QED) is 0.728.